The molecule has 0 unspecified atom stereocenters. The molecule has 0 saturated carbocycles. The van der Waals surface area contributed by atoms with Crippen LogP contribution in [-0.2, 0) is 0 Å². The van der Waals surface area contributed by atoms with Crippen molar-refractivity contribution >= 4 is 39.0 Å². The van der Waals surface area contributed by atoms with E-state index in [1.165, 1.54) is 44.5 Å². The second kappa shape index (κ2) is 16.1. The van der Waals surface area contributed by atoms with Crippen LogP contribution < -0.4 is 4.90 Å². The molecule has 0 saturated heterocycles. The number of benzene rings is 10. The van der Waals surface area contributed by atoms with Gasteiger partial charge in [0.05, 0.1) is 5.69 Å². The second-order valence-electron chi connectivity index (χ2n) is 15.7. The van der Waals surface area contributed by atoms with Gasteiger partial charge in [0, 0.05) is 27.7 Å². The summed E-state index contributed by atoms with van der Waals surface area (Å²) in [7, 11) is 0. The zero-order valence-electron chi connectivity index (χ0n) is 34.0. The number of para-hydroxylation sites is 2. The lowest BCUT2D eigenvalue weighted by Gasteiger charge is -2.29. The summed E-state index contributed by atoms with van der Waals surface area (Å²) in [6, 6.07) is 89.2. The van der Waals surface area contributed by atoms with E-state index < -0.39 is 0 Å². The molecule has 2 heteroatoms. The van der Waals surface area contributed by atoms with Crippen LogP contribution in [0, 0.1) is 0 Å². The van der Waals surface area contributed by atoms with E-state index in [0.29, 0.717) is 0 Å². The van der Waals surface area contributed by atoms with E-state index in [1.54, 1.807) is 0 Å². The van der Waals surface area contributed by atoms with Crippen molar-refractivity contribution in [2.75, 3.05) is 4.90 Å². The molecular weight excluding hydrogens is 751 g/mol. The van der Waals surface area contributed by atoms with Gasteiger partial charge in [-0.1, -0.05) is 194 Å². The largest absolute Gasteiger partial charge is 0.456 e. The molecule has 10 aromatic carbocycles. The molecule has 0 radical (unpaired) electrons. The molecule has 0 N–H and O–H groups in total. The Morgan fingerprint density at radius 2 is 0.677 bits per heavy atom. The zero-order chi connectivity index (χ0) is 41.2. The molecule has 1 aromatic heterocycles. The molecule has 0 bridgehead atoms. The van der Waals surface area contributed by atoms with Crippen LogP contribution in [0.15, 0.2) is 253 Å². The van der Waals surface area contributed by atoms with E-state index >= 15 is 0 Å². The third-order valence-corrected chi connectivity index (χ3v) is 11.9. The van der Waals surface area contributed by atoms with Crippen LogP contribution in [0.5, 0.6) is 0 Å². The molecule has 0 spiro atoms. The average Bonchev–Trinajstić information content (AvgIpc) is 3.73. The minimum Gasteiger partial charge on any atom is -0.456 e. The molecule has 0 amide bonds. The Morgan fingerprint density at radius 1 is 0.242 bits per heavy atom. The molecule has 292 valence electrons. The topological polar surface area (TPSA) is 16.4 Å². The van der Waals surface area contributed by atoms with E-state index in [2.05, 4.69) is 241 Å². The summed E-state index contributed by atoms with van der Waals surface area (Å²) in [6.45, 7) is 0. The van der Waals surface area contributed by atoms with Gasteiger partial charge < -0.3 is 9.32 Å². The zero-order valence-corrected chi connectivity index (χ0v) is 34.0. The fraction of sp³-hybridized carbons (Fsp3) is 0. The van der Waals surface area contributed by atoms with Gasteiger partial charge in [-0.2, -0.15) is 0 Å². The van der Waals surface area contributed by atoms with Gasteiger partial charge in [-0.05, 0) is 116 Å². The highest BCUT2D eigenvalue weighted by Gasteiger charge is 2.21. The highest BCUT2D eigenvalue weighted by atomic mass is 16.3. The van der Waals surface area contributed by atoms with Crippen LogP contribution in [0.1, 0.15) is 0 Å². The highest BCUT2D eigenvalue weighted by molar-refractivity contribution is 6.06. The number of hydrogen-bond acceptors (Lipinski definition) is 2. The number of furan rings is 1. The Kier molecular flexibility index (Phi) is 9.57. The fourth-order valence-electron chi connectivity index (χ4n) is 8.87. The Bertz CT molecular complexity index is 3310. The van der Waals surface area contributed by atoms with Gasteiger partial charge in [0.25, 0.3) is 0 Å². The lowest BCUT2D eigenvalue weighted by Crippen LogP contribution is -2.11. The minimum absolute atomic E-state index is 0.893. The molecule has 1 heterocycles. The van der Waals surface area contributed by atoms with Crippen LogP contribution in [0.2, 0.25) is 0 Å². The lowest BCUT2D eigenvalue weighted by atomic mass is 9.86. The number of anilines is 3. The van der Waals surface area contributed by atoms with E-state index in [0.717, 1.165) is 61.3 Å². The standard InChI is InChI=1S/C60H41NO/c1-4-16-42(17-5-1)44-28-34-49(35-29-44)61(50-36-30-45(31-37-50)48-33-39-56-55-25-13-15-27-59(55)62-60(56)41-48)58-26-14-12-24-54(58)53-38-32-47(43-18-6-2-7-19-43)40-57(53)52-23-11-10-22-51(52)46-20-8-3-9-21-46/h1-41H. The summed E-state index contributed by atoms with van der Waals surface area (Å²) in [5.41, 5.74) is 19.0. The van der Waals surface area contributed by atoms with Gasteiger partial charge in [0.15, 0.2) is 0 Å². The van der Waals surface area contributed by atoms with E-state index in [1.807, 2.05) is 12.1 Å². The Labute approximate surface area is 362 Å². The van der Waals surface area contributed by atoms with E-state index in [4.69, 9.17) is 4.42 Å². The first-order valence-electron chi connectivity index (χ1n) is 21.2. The quantitative estimate of drug-likeness (QED) is 0.145. The van der Waals surface area contributed by atoms with Crippen molar-refractivity contribution in [2.24, 2.45) is 0 Å². The average molecular weight is 792 g/mol. The maximum absolute atomic E-state index is 6.29. The maximum Gasteiger partial charge on any atom is 0.136 e. The molecular formula is C60H41NO. The van der Waals surface area contributed by atoms with Crippen molar-refractivity contribution in [3.63, 3.8) is 0 Å². The molecule has 11 aromatic rings. The van der Waals surface area contributed by atoms with Crippen LogP contribution in [0.4, 0.5) is 17.1 Å². The molecule has 0 aliphatic heterocycles. The lowest BCUT2D eigenvalue weighted by molar-refractivity contribution is 0.669. The van der Waals surface area contributed by atoms with Gasteiger partial charge in [-0.3, -0.25) is 0 Å². The van der Waals surface area contributed by atoms with E-state index in [9.17, 15) is 0 Å². The van der Waals surface area contributed by atoms with Gasteiger partial charge in [-0.15, -0.1) is 0 Å². The molecule has 62 heavy (non-hydrogen) atoms. The molecule has 11 rings (SSSR count). The van der Waals surface area contributed by atoms with Crippen molar-refractivity contribution in [3.05, 3.63) is 249 Å². The van der Waals surface area contributed by atoms with Crippen LogP contribution >= 0.6 is 0 Å². The second-order valence-corrected chi connectivity index (χ2v) is 15.7. The molecule has 0 aliphatic carbocycles. The normalized spacial score (nSPS) is 11.2. The first-order valence-corrected chi connectivity index (χ1v) is 21.2. The predicted molar refractivity (Wildman–Crippen MR) is 261 cm³/mol. The fourth-order valence-corrected chi connectivity index (χ4v) is 8.87. The van der Waals surface area contributed by atoms with Gasteiger partial charge in [0.1, 0.15) is 11.2 Å². The first-order chi connectivity index (χ1) is 30.7. The third-order valence-electron chi connectivity index (χ3n) is 11.9. The summed E-state index contributed by atoms with van der Waals surface area (Å²) in [5.74, 6) is 0. The first kappa shape index (κ1) is 36.8. The van der Waals surface area contributed by atoms with Gasteiger partial charge in [-0.25, -0.2) is 0 Å². The van der Waals surface area contributed by atoms with Crippen molar-refractivity contribution in [1.29, 1.82) is 0 Å². The Balaban J connectivity index is 1.07. The van der Waals surface area contributed by atoms with Crippen molar-refractivity contribution in [2.45, 2.75) is 0 Å². The van der Waals surface area contributed by atoms with Crippen molar-refractivity contribution < 1.29 is 4.42 Å². The summed E-state index contributed by atoms with van der Waals surface area (Å²) < 4.78 is 6.29. The monoisotopic (exact) mass is 791 g/mol. The number of fused-ring (bicyclic) bond motifs is 3. The third kappa shape index (κ3) is 6.94. The van der Waals surface area contributed by atoms with Gasteiger partial charge >= 0.3 is 0 Å². The van der Waals surface area contributed by atoms with Crippen LogP contribution in [0.3, 0.4) is 0 Å². The molecule has 2 nitrogen and oxygen atoms in total. The highest BCUT2D eigenvalue weighted by Crippen LogP contribution is 2.47. The van der Waals surface area contributed by atoms with Crippen LogP contribution in [0.25, 0.3) is 88.7 Å². The van der Waals surface area contributed by atoms with Crippen molar-refractivity contribution in [1.82, 2.24) is 0 Å². The molecule has 0 atom stereocenters. The summed E-state index contributed by atoms with van der Waals surface area (Å²) >= 11 is 0. The van der Waals surface area contributed by atoms with Gasteiger partial charge in [0.2, 0.25) is 0 Å². The minimum atomic E-state index is 0.893. The summed E-state index contributed by atoms with van der Waals surface area (Å²) in [5, 5.41) is 2.27. The SMILES string of the molecule is c1ccc(-c2ccc(N(c3ccc(-c4ccc5c(c4)oc4ccccc45)cc3)c3ccccc3-c3ccc(-c4ccccc4)cc3-c3ccccc3-c3ccccc3)cc2)cc1. The Morgan fingerprint density at radius 3 is 1.35 bits per heavy atom. The van der Waals surface area contributed by atoms with Crippen LogP contribution in [-0.4, -0.2) is 0 Å². The van der Waals surface area contributed by atoms with Crippen molar-refractivity contribution in [3.8, 4) is 66.8 Å². The summed E-state index contributed by atoms with van der Waals surface area (Å²) in [6.07, 6.45) is 0. The molecule has 0 fully saturated rings. The number of hydrogen-bond donors (Lipinski definition) is 0. The summed E-state index contributed by atoms with van der Waals surface area (Å²) in [4.78, 5) is 2.40. The predicted octanol–water partition coefficient (Wildman–Crippen LogP) is 17.1. The smallest absolute Gasteiger partial charge is 0.136 e. The number of rotatable bonds is 9. The Hall–Kier alpha value is -8.20. The van der Waals surface area contributed by atoms with E-state index in [-0.39, 0.29) is 0 Å². The molecule has 0 aliphatic rings. The maximum atomic E-state index is 6.29. The number of nitrogens with zero attached hydrogens (tertiary/aromatic N) is 1.